The number of phenolic OH excluding ortho intramolecular Hbond substituents is 1. The molecule has 0 spiro atoms. The van der Waals surface area contributed by atoms with Crippen LogP contribution in [0.2, 0.25) is 0 Å². The molecule has 0 aliphatic heterocycles. The SMILES string of the molecule is CCCCCCCCCCCCCCCCn1c(NCc2cc(Br)ccc2O)nc2ccccc21. The largest absolute Gasteiger partial charge is 0.508 e. The number of aryl methyl sites for hydroxylation is 1. The average molecular weight is 543 g/mol. The molecule has 1 heterocycles. The molecule has 3 aromatic rings. The number of anilines is 1. The van der Waals surface area contributed by atoms with E-state index in [-0.39, 0.29) is 0 Å². The number of phenols is 1. The van der Waals surface area contributed by atoms with E-state index in [1.807, 2.05) is 18.2 Å². The van der Waals surface area contributed by atoms with Gasteiger partial charge in [-0.3, -0.25) is 0 Å². The molecular weight excluding hydrogens is 498 g/mol. The minimum absolute atomic E-state index is 0.301. The van der Waals surface area contributed by atoms with Gasteiger partial charge in [0.15, 0.2) is 0 Å². The Morgan fingerprint density at radius 1 is 0.800 bits per heavy atom. The van der Waals surface area contributed by atoms with Gasteiger partial charge in [0.2, 0.25) is 5.95 Å². The lowest BCUT2D eigenvalue weighted by atomic mass is 10.0. The van der Waals surface area contributed by atoms with Crippen LogP contribution in [0.25, 0.3) is 11.0 Å². The van der Waals surface area contributed by atoms with Gasteiger partial charge < -0.3 is 15.0 Å². The van der Waals surface area contributed by atoms with Gasteiger partial charge in [0.05, 0.1) is 11.0 Å². The lowest BCUT2D eigenvalue weighted by Gasteiger charge is -2.12. The van der Waals surface area contributed by atoms with Crippen LogP contribution in [0.3, 0.4) is 0 Å². The fraction of sp³-hybridized carbons (Fsp3) is 0.567. The van der Waals surface area contributed by atoms with Crippen LogP contribution >= 0.6 is 15.9 Å². The zero-order chi connectivity index (χ0) is 24.7. The van der Waals surface area contributed by atoms with Crippen LogP contribution in [0, 0.1) is 0 Å². The Hall–Kier alpha value is -2.01. The number of aromatic nitrogens is 2. The molecule has 0 atom stereocenters. The number of nitrogens with zero attached hydrogens (tertiary/aromatic N) is 2. The molecule has 0 unspecified atom stereocenters. The molecule has 35 heavy (non-hydrogen) atoms. The molecule has 0 aliphatic carbocycles. The first-order valence-corrected chi connectivity index (χ1v) is 14.6. The van der Waals surface area contributed by atoms with E-state index in [1.54, 1.807) is 6.07 Å². The summed E-state index contributed by atoms with van der Waals surface area (Å²) in [5.41, 5.74) is 3.04. The Morgan fingerprint density at radius 3 is 2.06 bits per heavy atom. The number of benzene rings is 2. The maximum Gasteiger partial charge on any atom is 0.204 e. The molecule has 0 aliphatic rings. The van der Waals surface area contributed by atoms with Crippen molar-refractivity contribution in [3.63, 3.8) is 0 Å². The second-order valence-corrected chi connectivity index (χ2v) is 10.7. The van der Waals surface area contributed by atoms with Crippen LogP contribution in [0.15, 0.2) is 46.9 Å². The van der Waals surface area contributed by atoms with Gasteiger partial charge in [0.1, 0.15) is 5.75 Å². The standard InChI is InChI=1S/C30H44BrN3O/c1-2-3-4-5-6-7-8-9-10-11-12-13-14-17-22-34-28-19-16-15-18-27(28)33-30(34)32-24-25-23-26(31)20-21-29(25)35/h15-16,18-21,23,35H,2-14,17,22,24H2,1H3,(H,32,33). The molecule has 0 bridgehead atoms. The predicted molar refractivity (Wildman–Crippen MR) is 153 cm³/mol. The average Bonchev–Trinajstić information content (AvgIpc) is 3.22. The molecule has 0 radical (unpaired) electrons. The van der Waals surface area contributed by atoms with Crippen LogP contribution in [-0.2, 0) is 13.1 Å². The monoisotopic (exact) mass is 541 g/mol. The Kier molecular flexibility index (Phi) is 12.5. The van der Waals surface area contributed by atoms with Crippen molar-refractivity contribution in [2.45, 2.75) is 110 Å². The van der Waals surface area contributed by atoms with Crippen LogP contribution in [0.1, 0.15) is 102 Å². The van der Waals surface area contributed by atoms with Crippen molar-refractivity contribution in [2.24, 2.45) is 0 Å². The number of hydrogen-bond acceptors (Lipinski definition) is 3. The van der Waals surface area contributed by atoms with E-state index in [4.69, 9.17) is 4.98 Å². The molecule has 192 valence electrons. The van der Waals surface area contributed by atoms with E-state index in [0.717, 1.165) is 34.5 Å². The van der Waals surface area contributed by atoms with E-state index in [0.29, 0.717) is 12.3 Å². The van der Waals surface area contributed by atoms with Gasteiger partial charge in [-0.2, -0.15) is 0 Å². The summed E-state index contributed by atoms with van der Waals surface area (Å²) in [5.74, 6) is 1.18. The highest BCUT2D eigenvalue weighted by Crippen LogP contribution is 2.25. The Labute approximate surface area is 220 Å². The minimum atomic E-state index is 0.301. The Balaban J connectivity index is 1.36. The third kappa shape index (κ3) is 9.51. The third-order valence-electron chi connectivity index (χ3n) is 6.87. The summed E-state index contributed by atoms with van der Waals surface area (Å²) in [5, 5.41) is 13.6. The van der Waals surface area contributed by atoms with Gasteiger partial charge in [-0.25, -0.2) is 4.98 Å². The van der Waals surface area contributed by atoms with Gasteiger partial charge >= 0.3 is 0 Å². The van der Waals surface area contributed by atoms with E-state index >= 15 is 0 Å². The first-order valence-electron chi connectivity index (χ1n) is 13.9. The molecule has 5 heteroatoms. The third-order valence-corrected chi connectivity index (χ3v) is 7.36. The van der Waals surface area contributed by atoms with Crippen molar-refractivity contribution in [3.05, 3.63) is 52.5 Å². The van der Waals surface area contributed by atoms with Crippen molar-refractivity contribution < 1.29 is 5.11 Å². The summed E-state index contributed by atoms with van der Waals surface area (Å²) in [4.78, 5) is 4.82. The Morgan fingerprint density at radius 2 is 1.40 bits per heavy atom. The first-order chi connectivity index (χ1) is 17.2. The predicted octanol–water partition coefficient (Wildman–Crippen LogP) is 9.60. The van der Waals surface area contributed by atoms with Crippen LogP contribution in [-0.4, -0.2) is 14.7 Å². The van der Waals surface area contributed by atoms with Crippen molar-refractivity contribution in [3.8, 4) is 5.75 Å². The molecular formula is C30H44BrN3O. The van der Waals surface area contributed by atoms with Crippen molar-refractivity contribution in [1.82, 2.24) is 9.55 Å². The molecule has 0 fully saturated rings. The smallest absolute Gasteiger partial charge is 0.204 e. The zero-order valence-electron chi connectivity index (χ0n) is 21.6. The van der Waals surface area contributed by atoms with Gasteiger partial charge in [-0.15, -0.1) is 0 Å². The highest BCUT2D eigenvalue weighted by atomic mass is 79.9. The number of nitrogens with one attached hydrogen (secondary N) is 1. The van der Waals surface area contributed by atoms with E-state index in [9.17, 15) is 5.11 Å². The minimum Gasteiger partial charge on any atom is -0.508 e. The molecule has 0 amide bonds. The molecule has 4 nitrogen and oxygen atoms in total. The molecule has 1 aromatic heterocycles. The van der Waals surface area contributed by atoms with Gasteiger partial charge in [0, 0.05) is 23.1 Å². The van der Waals surface area contributed by atoms with E-state index in [1.165, 1.54) is 89.0 Å². The summed E-state index contributed by atoms with van der Waals surface area (Å²) < 4.78 is 3.26. The van der Waals surface area contributed by atoms with E-state index < -0.39 is 0 Å². The lowest BCUT2D eigenvalue weighted by Crippen LogP contribution is -2.08. The van der Waals surface area contributed by atoms with Gasteiger partial charge in [0.25, 0.3) is 0 Å². The van der Waals surface area contributed by atoms with E-state index in [2.05, 4.69) is 50.9 Å². The quantitative estimate of drug-likeness (QED) is 0.157. The zero-order valence-corrected chi connectivity index (χ0v) is 23.2. The normalized spacial score (nSPS) is 11.4. The summed E-state index contributed by atoms with van der Waals surface area (Å²) >= 11 is 3.49. The summed E-state index contributed by atoms with van der Waals surface area (Å²) in [7, 11) is 0. The van der Waals surface area contributed by atoms with Crippen LogP contribution in [0.4, 0.5) is 5.95 Å². The molecule has 2 N–H and O–H groups in total. The summed E-state index contributed by atoms with van der Waals surface area (Å²) in [6.45, 7) is 3.78. The maximum atomic E-state index is 10.2. The highest BCUT2D eigenvalue weighted by Gasteiger charge is 2.11. The second kappa shape index (κ2) is 15.9. The highest BCUT2D eigenvalue weighted by molar-refractivity contribution is 9.10. The van der Waals surface area contributed by atoms with Crippen molar-refractivity contribution in [2.75, 3.05) is 5.32 Å². The number of hydrogen-bond donors (Lipinski definition) is 2. The van der Waals surface area contributed by atoms with Gasteiger partial charge in [-0.05, 0) is 36.8 Å². The molecule has 3 rings (SSSR count). The number of unbranched alkanes of at least 4 members (excludes halogenated alkanes) is 13. The second-order valence-electron chi connectivity index (χ2n) is 9.80. The number of para-hydroxylation sites is 2. The fourth-order valence-corrected chi connectivity index (χ4v) is 5.18. The number of aromatic hydroxyl groups is 1. The molecule has 0 saturated carbocycles. The van der Waals surface area contributed by atoms with Crippen LogP contribution in [0.5, 0.6) is 5.75 Å². The van der Waals surface area contributed by atoms with Crippen molar-refractivity contribution >= 4 is 32.9 Å². The molecule has 2 aromatic carbocycles. The summed E-state index contributed by atoms with van der Waals surface area (Å²) in [6.07, 6.45) is 19.2. The number of imidazole rings is 1. The number of fused-ring (bicyclic) bond motifs is 1. The lowest BCUT2D eigenvalue weighted by molar-refractivity contribution is 0.469. The number of rotatable bonds is 18. The topological polar surface area (TPSA) is 50.1 Å². The maximum absolute atomic E-state index is 10.2. The fourth-order valence-electron chi connectivity index (χ4n) is 4.77. The van der Waals surface area contributed by atoms with Gasteiger partial charge in [-0.1, -0.05) is 118 Å². The number of halogens is 1. The Bertz CT molecular complexity index is 1000. The van der Waals surface area contributed by atoms with Crippen LogP contribution < -0.4 is 5.32 Å². The van der Waals surface area contributed by atoms with Crippen molar-refractivity contribution in [1.29, 1.82) is 0 Å². The molecule has 0 saturated heterocycles. The summed E-state index contributed by atoms with van der Waals surface area (Å²) in [6, 6.07) is 13.9. The first kappa shape index (κ1) is 27.6.